The van der Waals surface area contributed by atoms with Crippen LogP contribution in [0.5, 0.6) is 0 Å². The average molecular weight is 715 g/mol. The number of carbonyl (C=O) groups is 2. The van der Waals surface area contributed by atoms with Crippen molar-refractivity contribution in [1.82, 2.24) is 0 Å². The third-order valence-corrected chi connectivity index (χ3v) is 11.6. The molecule has 1 aliphatic carbocycles. The summed E-state index contributed by atoms with van der Waals surface area (Å²) in [6.07, 6.45) is 11.4. The van der Waals surface area contributed by atoms with Gasteiger partial charge in [0, 0.05) is 46.1 Å². The molecule has 8 heteroatoms. The zero-order chi connectivity index (χ0) is 36.8. The first-order chi connectivity index (χ1) is 24.9. The van der Waals surface area contributed by atoms with E-state index in [2.05, 4.69) is 133 Å². The monoisotopic (exact) mass is 714 g/mol. The number of allylic oxidation sites excluding steroid dienone is 8. The van der Waals surface area contributed by atoms with Gasteiger partial charge in [-0.25, -0.2) is 0 Å². The van der Waals surface area contributed by atoms with E-state index in [1.807, 2.05) is 6.07 Å². The number of nitrogens with two attached hydrogens (primary N) is 1. The van der Waals surface area contributed by atoms with Crippen LogP contribution in [0, 0.1) is 0 Å². The first-order valence-corrected chi connectivity index (χ1v) is 18.4. The van der Waals surface area contributed by atoms with Gasteiger partial charge < -0.3 is 14.8 Å². The number of fused-ring (bicyclic) bond motifs is 6. The Balaban J connectivity index is 1.27. The fourth-order valence-corrected chi connectivity index (χ4v) is 8.90. The van der Waals surface area contributed by atoms with Crippen molar-refractivity contribution in [3.05, 3.63) is 130 Å². The normalized spacial score (nSPS) is 19.4. The van der Waals surface area contributed by atoms with E-state index in [0.717, 1.165) is 58.2 Å². The van der Waals surface area contributed by atoms with E-state index >= 15 is 0 Å². The zero-order valence-corrected chi connectivity index (χ0v) is 31.0. The highest BCUT2D eigenvalue weighted by atomic mass is 35.5. The minimum Gasteiger partial charge on any atom is -0.481 e. The van der Waals surface area contributed by atoms with E-state index in [-0.39, 0.29) is 23.7 Å². The lowest BCUT2D eigenvalue weighted by atomic mass is 9.78. The first-order valence-electron chi connectivity index (χ1n) is 18.0. The molecule has 4 aromatic rings. The number of carbonyl (C=O) groups excluding carboxylic acids is 1. The minimum atomic E-state index is -0.822. The number of benzene rings is 4. The van der Waals surface area contributed by atoms with Crippen molar-refractivity contribution in [3.63, 3.8) is 0 Å². The smallest absolute Gasteiger partial charge is 0.330 e. The van der Waals surface area contributed by atoms with Crippen molar-refractivity contribution in [3.8, 4) is 0 Å². The SMILES string of the molecule is CC1(C)C(/C=C/C2=C(Cl)C(=C/C=C3/N(CCC(=O)O)c4ccc5ccccc5c4C3(C)C)/CCC2)=[N+](CCC(=O)ON)c2ccc3ccccc3c21. The van der Waals surface area contributed by atoms with E-state index in [9.17, 15) is 14.7 Å². The standard InChI is InChI=1S/C44H44ClN3O4/c1-43(2)36(47(26-24-38(49)50)34-20-16-28-10-5-7-14-32(28)40(34)43)22-18-30-12-9-13-31(42(30)45)19-23-37-44(3,4)41-33-15-8-6-11-29(33)17-21-35(41)48(37)27-25-39(51)52-46/h5-8,10-11,14-23H,9,12-13,24-27,46H2,1-4H3/p+1. The molecule has 266 valence electrons. The number of hydrogen-bond donors (Lipinski definition) is 2. The predicted octanol–water partition coefficient (Wildman–Crippen LogP) is 9.49. The molecule has 2 heterocycles. The topological polar surface area (TPSA) is 95.9 Å². The molecule has 0 bridgehead atoms. The van der Waals surface area contributed by atoms with Crippen molar-refractivity contribution >= 4 is 62.2 Å². The summed E-state index contributed by atoms with van der Waals surface area (Å²) in [4.78, 5) is 30.6. The largest absolute Gasteiger partial charge is 0.481 e. The molecule has 0 saturated heterocycles. The molecular formula is C44H45ClN3O4+. The Morgan fingerprint density at radius 2 is 1.54 bits per heavy atom. The molecule has 3 aliphatic rings. The van der Waals surface area contributed by atoms with Crippen LogP contribution in [0.15, 0.2) is 119 Å². The summed E-state index contributed by atoms with van der Waals surface area (Å²) >= 11 is 7.23. The number of carboxylic acids is 1. The van der Waals surface area contributed by atoms with Crippen LogP contribution in [0.1, 0.15) is 70.9 Å². The summed E-state index contributed by atoms with van der Waals surface area (Å²) in [5.74, 6) is 3.93. The van der Waals surface area contributed by atoms with Gasteiger partial charge in [0.15, 0.2) is 12.3 Å². The molecule has 3 N–H and O–H groups in total. The maximum absolute atomic E-state index is 12.2. The van der Waals surface area contributed by atoms with Crippen LogP contribution in [-0.2, 0) is 25.3 Å². The molecule has 0 fully saturated rings. The molecule has 0 radical (unpaired) electrons. The van der Waals surface area contributed by atoms with Crippen molar-refractivity contribution < 1.29 is 24.1 Å². The quantitative estimate of drug-likeness (QED) is 0.133. The zero-order valence-electron chi connectivity index (χ0n) is 30.2. The molecule has 7 rings (SSSR count). The number of nitrogens with zero attached hydrogens (tertiary/aromatic N) is 2. The Kier molecular flexibility index (Phi) is 9.45. The fourth-order valence-electron chi connectivity index (χ4n) is 8.59. The van der Waals surface area contributed by atoms with Crippen LogP contribution in [0.4, 0.5) is 11.4 Å². The second-order valence-electron chi connectivity index (χ2n) is 15.0. The molecule has 52 heavy (non-hydrogen) atoms. The van der Waals surface area contributed by atoms with E-state index < -0.39 is 11.9 Å². The Bertz CT molecular complexity index is 2290. The molecule has 0 unspecified atom stereocenters. The first kappa shape index (κ1) is 35.4. The van der Waals surface area contributed by atoms with Crippen LogP contribution in [-0.4, -0.2) is 40.4 Å². The molecule has 0 spiro atoms. The van der Waals surface area contributed by atoms with Gasteiger partial charge in [-0.2, -0.15) is 10.5 Å². The second kappa shape index (κ2) is 13.9. The summed E-state index contributed by atoms with van der Waals surface area (Å²) in [5.41, 5.74) is 8.10. The third-order valence-electron chi connectivity index (χ3n) is 11.1. The van der Waals surface area contributed by atoms with E-state index in [4.69, 9.17) is 17.5 Å². The maximum Gasteiger partial charge on any atom is 0.330 e. The lowest BCUT2D eigenvalue weighted by Crippen LogP contribution is -2.29. The third kappa shape index (κ3) is 6.16. The predicted molar refractivity (Wildman–Crippen MR) is 210 cm³/mol. The van der Waals surface area contributed by atoms with Crippen LogP contribution < -0.4 is 10.8 Å². The molecule has 0 atom stereocenters. The highest BCUT2D eigenvalue weighted by Gasteiger charge is 2.46. The fraction of sp³-hybridized carbons (Fsp3) is 0.295. The van der Waals surface area contributed by atoms with E-state index in [0.29, 0.717) is 13.1 Å². The van der Waals surface area contributed by atoms with Crippen LogP contribution in [0.3, 0.4) is 0 Å². The molecule has 2 aliphatic heterocycles. The summed E-state index contributed by atoms with van der Waals surface area (Å²) in [6, 6.07) is 25.3. The van der Waals surface area contributed by atoms with Gasteiger partial charge in [-0.05, 0) is 89.6 Å². The Labute approximate surface area is 310 Å². The van der Waals surface area contributed by atoms with Gasteiger partial charge in [-0.1, -0.05) is 92.2 Å². The van der Waals surface area contributed by atoms with Crippen LogP contribution in [0.25, 0.3) is 21.5 Å². The van der Waals surface area contributed by atoms with Gasteiger partial charge >= 0.3 is 11.9 Å². The summed E-state index contributed by atoms with van der Waals surface area (Å²) in [5, 5.41) is 15.1. The van der Waals surface area contributed by atoms with Gasteiger partial charge in [0.05, 0.1) is 11.8 Å². The van der Waals surface area contributed by atoms with Crippen molar-refractivity contribution in [2.24, 2.45) is 5.90 Å². The van der Waals surface area contributed by atoms with Crippen LogP contribution in [0.2, 0.25) is 0 Å². The Morgan fingerprint density at radius 3 is 2.23 bits per heavy atom. The van der Waals surface area contributed by atoms with Gasteiger partial charge in [0.1, 0.15) is 6.42 Å². The lowest BCUT2D eigenvalue weighted by Gasteiger charge is -2.27. The minimum absolute atomic E-state index is 0.0329. The van der Waals surface area contributed by atoms with Crippen molar-refractivity contribution in [2.75, 3.05) is 18.0 Å². The molecule has 0 aromatic heterocycles. The maximum atomic E-state index is 12.2. The lowest BCUT2D eigenvalue weighted by molar-refractivity contribution is -0.436. The van der Waals surface area contributed by atoms with E-state index in [1.54, 1.807) is 0 Å². The number of anilines is 1. The number of carboxylic acid groups (broad SMARTS) is 1. The average Bonchev–Trinajstić information content (AvgIpc) is 3.49. The van der Waals surface area contributed by atoms with Crippen molar-refractivity contribution in [2.45, 2.75) is 70.6 Å². The van der Waals surface area contributed by atoms with Gasteiger partial charge in [0.25, 0.3) is 0 Å². The second-order valence-corrected chi connectivity index (χ2v) is 15.3. The molecule has 0 saturated carbocycles. The number of rotatable bonds is 9. The number of aliphatic carboxylic acids is 1. The van der Waals surface area contributed by atoms with Crippen LogP contribution >= 0.6 is 11.6 Å². The van der Waals surface area contributed by atoms with Gasteiger partial charge in [-0.15, -0.1) is 0 Å². The molecule has 4 aromatic carbocycles. The molecular weight excluding hydrogens is 670 g/mol. The summed E-state index contributed by atoms with van der Waals surface area (Å²) in [7, 11) is 0. The Morgan fingerprint density at radius 1 is 0.865 bits per heavy atom. The Hall–Kier alpha value is -4.98. The highest BCUT2D eigenvalue weighted by Crippen LogP contribution is 2.51. The summed E-state index contributed by atoms with van der Waals surface area (Å²) < 4.78 is 2.21. The number of hydrogen-bond acceptors (Lipinski definition) is 5. The van der Waals surface area contributed by atoms with Crippen molar-refractivity contribution in [1.29, 1.82) is 0 Å². The number of halogens is 1. The highest BCUT2D eigenvalue weighted by molar-refractivity contribution is 6.32. The molecule has 7 nitrogen and oxygen atoms in total. The van der Waals surface area contributed by atoms with Gasteiger partial charge in [-0.3, -0.25) is 9.59 Å². The molecule has 0 amide bonds. The summed E-state index contributed by atoms with van der Waals surface area (Å²) in [6.45, 7) is 9.71. The van der Waals surface area contributed by atoms with Gasteiger partial charge in [0.2, 0.25) is 5.69 Å². The van der Waals surface area contributed by atoms with E-state index in [1.165, 1.54) is 32.7 Å².